The number of hydrogen-bond acceptors (Lipinski definition) is 11. The Morgan fingerprint density at radius 2 is 1.67 bits per heavy atom. The van der Waals surface area contributed by atoms with Crippen LogP contribution >= 0.6 is 0 Å². The number of benzene rings is 2. The summed E-state index contributed by atoms with van der Waals surface area (Å²) in [4.78, 5) is 72.4. The number of Topliss-reactive ketones (excluding diaryl/α,β-unsaturated/α-hetero) is 4. The van der Waals surface area contributed by atoms with Crippen molar-refractivity contribution in [2.45, 2.75) is 38.0 Å². The van der Waals surface area contributed by atoms with Gasteiger partial charge in [-0.2, -0.15) is 0 Å². The van der Waals surface area contributed by atoms with Crippen LogP contribution < -0.4 is 10.6 Å². The number of ketones is 4. The third-order valence-corrected chi connectivity index (χ3v) is 10.3. The second kappa shape index (κ2) is 13.0. The third kappa shape index (κ3) is 5.98. The Hall–Kier alpha value is -4.65. The summed E-state index contributed by atoms with van der Waals surface area (Å²) < 4.78 is 6.29. The highest BCUT2D eigenvalue weighted by atomic mass is 16.3. The Balaban J connectivity index is 1.34. The molecule has 2 unspecified atom stereocenters. The molecule has 12 heteroatoms. The second-order valence-electron chi connectivity index (χ2n) is 14.0. The number of aromatic hydroxyl groups is 1. The van der Waals surface area contributed by atoms with Gasteiger partial charge in [0.25, 0.3) is 0 Å². The van der Waals surface area contributed by atoms with Crippen molar-refractivity contribution in [1.82, 2.24) is 9.80 Å². The van der Waals surface area contributed by atoms with E-state index in [2.05, 4.69) is 21.9 Å². The summed E-state index contributed by atoms with van der Waals surface area (Å²) in [6.07, 6.45) is -0.155. The number of amides is 1. The lowest BCUT2D eigenvalue weighted by molar-refractivity contribution is -0.175. The van der Waals surface area contributed by atoms with Crippen LogP contribution in [0.25, 0.3) is 11.3 Å². The number of fused-ring (bicyclic) bond motifs is 3. The fraction of sp³-hybridized carbons (Fsp3) is 0.432. The predicted molar refractivity (Wildman–Crippen MR) is 180 cm³/mol. The number of phenolic OH excluding ortho intramolecular Hbond substituents is 1. The zero-order chi connectivity index (χ0) is 35.4. The lowest BCUT2D eigenvalue weighted by Crippen LogP contribution is -2.68. The molecular weight excluding hydrogens is 628 g/mol. The van der Waals surface area contributed by atoms with Gasteiger partial charge in [0.2, 0.25) is 5.91 Å². The van der Waals surface area contributed by atoms with Gasteiger partial charge in [0, 0.05) is 51.8 Å². The van der Waals surface area contributed by atoms with Crippen LogP contribution in [0.15, 0.2) is 52.9 Å². The van der Waals surface area contributed by atoms with Gasteiger partial charge in [-0.05, 0) is 62.2 Å². The predicted octanol–water partition coefficient (Wildman–Crippen LogP) is 2.22. The maximum absolute atomic E-state index is 14.3. The van der Waals surface area contributed by atoms with E-state index in [9.17, 15) is 34.2 Å². The number of rotatable bonds is 10. The zero-order valence-corrected chi connectivity index (χ0v) is 28.1. The van der Waals surface area contributed by atoms with Crippen molar-refractivity contribution in [3.63, 3.8) is 0 Å². The van der Waals surface area contributed by atoms with Crippen LogP contribution in [0, 0.1) is 23.7 Å². The van der Waals surface area contributed by atoms with Crippen LogP contribution in [0.3, 0.4) is 0 Å². The average Bonchev–Trinajstić information content (AvgIpc) is 3.50. The van der Waals surface area contributed by atoms with E-state index in [1.807, 2.05) is 43.3 Å². The number of nitrogens with two attached hydrogens (primary N) is 1. The highest BCUT2D eigenvalue weighted by Crippen LogP contribution is 2.52. The molecule has 0 bridgehead atoms. The van der Waals surface area contributed by atoms with E-state index < -0.39 is 58.3 Å². The molecule has 3 aliphatic carbocycles. The highest BCUT2D eigenvalue weighted by molar-refractivity contribution is 6.31. The van der Waals surface area contributed by atoms with Gasteiger partial charge in [-0.25, -0.2) is 0 Å². The first-order chi connectivity index (χ1) is 23.2. The van der Waals surface area contributed by atoms with Crippen molar-refractivity contribution in [2.24, 2.45) is 29.4 Å². The molecule has 6 rings (SSSR count). The topological polar surface area (TPSA) is 175 Å². The molecule has 258 valence electrons. The summed E-state index contributed by atoms with van der Waals surface area (Å²) in [5, 5.41) is 23.3. The summed E-state index contributed by atoms with van der Waals surface area (Å²) in [6, 6.07) is 15.4. The van der Waals surface area contributed by atoms with Crippen molar-refractivity contribution in [1.29, 1.82) is 0 Å². The van der Waals surface area contributed by atoms with Crippen LogP contribution in [0.5, 0.6) is 5.75 Å². The molecule has 0 saturated heterocycles. The first-order valence-corrected chi connectivity index (χ1v) is 16.5. The number of phenols is 1. The standard InChI is InChI=1S/C37H42N4O8/c1-39(2)12-13-41(18-20-8-6-5-7-9-20)19-23-10-11-28(49-23)25-17-26(40(3)4)24-15-21-14-22-16-27(42)31(36(38)47)35(46)37(22,48)34(45)29(21)33(44)30(24)32(25)43/h5-11,17,21-22,29,31,43,48H,12-16,18-19H2,1-4H3,(H2,38,47)/t21-,22+,29?,31?,37+/m1/s1. The van der Waals surface area contributed by atoms with Crippen LogP contribution in [0.2, 0.25) is 0 Å². The summed E-state index contributed by atoms with van der Waals surface area (Å²) in [5.41, 5.74) is 5.12. The lowest BCUT2D eigenvalue weighted by atomic mass is 9.53. The van der Waals surface area contributed by atoms with Gasteiger partial charge in [-0.3, -0.25) is 28.9 Å². The summed E-state index contributed by atoms with van der Waals surface area (Å²) >= 11 is 0. The minimum absolute atomic E-state index is 0.0330. The van der Waals surface area contributed by atoms with Crippen molar-refractivity contribution < 1.29 is 38.6 Å². The molecule has 2 fully saturated rings. The van der Waals surface area contributed by atoms with Gasteiger partial charge in [0.1, 0.15) is 17.3 Å². The quantitative estimate of drug-likeness (QED) is 0.270. The number of carbonyl (C=O) groups excluding carboxylic acids is 5. The second-order valence-corrected chi connectivity index (χ2v) is 14.0. The van der Waals surface area contributed by atoms with Gasteiger partial charge >= 0.3 is 0 Å². The van der Waals surface area contributed by atoms with Crippen molar-refractivity contribution in [3.8, 4) is 17.1 Å². The normalized spacial score (nSPS) is 25.0. The van der Waals surface area contributed by atoms with Crippen LogP contribution in [0.4, 0.5) is 5.69 Å². The van der Waals surface area contributed by atoms with E-state index in [0.717, 1.165) is 18.7 Å². The number of primary amides is 1. The molecule has 0 spiro atoms. The van der Waals surface area contributed by atoms with Gasteiger partial charge < -0.3 is 30.2 Å². The van der Waals surface area contributed by atoms with Crippen molar-refractivity contribution >= 4 is 34.7 Å². The molecule has 2 aromatic carbocycles. The SMILES string of the molecule is CN(C)CCN(Cc1ccccc1)Cc1ccc(-c2cc(N(C)C)c3c(c2O)C(=O)C2C(=O)[C@]4(O)C(=O)C(C(N)=O)C(=O)C[C@@H]4C[C@@H]2C3)o1. The molecule has 3 aliphatic rings. The summed E-state index contributed by atoms with van der Waals surface area (Å²) in [5.74, 6) is -9.52. The minimum atomic E-state index is -2.70. The number of hydrogen-bond donors (Lipinski definition) is 3. The van der Waals surface area contributed by atoms with Gasteiger partial charge in [0.05, 0.1) is 23.6 Å². The van der Waals surface area contributed by atoms with E-state index in [1.165, 1.54) is 0 Å². The van der Waals surface area contributed by atoms with Crippen molar-refractivity contribution in [2.75, 3.05) is 46.2 Å². The zero-order valence-electron chi connectivity index (χ0n) is 28.1. The third-order valence-electron chi connectivity index (χ3n) is 10.3. The molecule has 1 heterocycles. The van der Waals surface area contributed by atoms with E-state index in [4.69, 9.17) is 10.2 Å². The molecule has 0 radical (unpaired) electrons. The molecular formula is C37H42N4O8. The first kappa shape index (κ1) is 34.2. The van der Waals surface area contributed by atoms with Crippen LogP contribution in [0.1, 0.15) is 40.1 Å². The Labute approximate surface area is 284 Å². The first-order valence-electron chi connectivity index (χ1n) is 16.5. The molecule has 4 N–H and O–H groups in total. The number of furan rings is 1. The Kier molecular flexibility index (Phi) is 9.08. The largest absolute Gasteiger partial charge is 0.506 e. The molecule has 1 aromatic heterocycles. The molecule has 5 atom stereocenters. The Morgan fingerprint density at radius 3 is 2.33 bits per heavy atom. The number of nitrogens with zero attached hydrogens (tertiary/aromatic N) is 3. The Bertz CT molecular complexity index is 1830. The fourth-order valence-corrected chi connectivity index (χ4v) is 7.83. The van der Waals surface area contributed by atoms with Gasteiger partial charge in [-0.15, -0.1) is 0 Å². The summed E-state index contributed by atoms with van der Waals surface area (Å²) in [6.45, 7) is 2.81. The van der Waals surface area contributed by atoms with E-state index in [0.29, 0.717) is 35.9 Å². The maximum atomic E-state index is 14.3. The average molecular weight is 671 g/mol. The molecule has 1 amide bonds. The fourth-order valence-electron chi connectivity index (χ4n) is 7.83. The van der Waals surface area contributed by atoms with E-state index >= 15 is 0 Å². The monoisotopic (exact) mass is 670 g/mol. The number of carbonyl (C=O) groups is 5. The molecule has 0 aliphatic heterocycles. The Morgan fingerprint density at radius 1 is 0.959 bits per heavy atom. The molecule has 2 saturated carbocycles. The smallest absolute Gasteiger partial charge is 0.235 e. The van der Waals surface area contributed by atoms with E-state index in [1.54, 1.807) is 26.2 Å². The molecule has 3 aromatic rings. The van der Waals surface area contributed by atoms with Crippen molar-refractivity contribution in [3.05, 3.63) is 71.0 Å². The number of aliphatic hydroxyl groups is 1. The molecule has 12 nitrogen and oxygen atoms in total. The lowest BCUT2D eigenvalue weighted by Gasteiger charge is -2.48. The minimum Gasteiger partial charge on any atom is -0.506 e. The number of anilines is 1. The summed E-state index contributed by atoms with van der Waals surface area (Å²) in [7, 11) is 7.64. The van der Waals surface area contributed by atoms with E-state index in [-0.39, 0.29) is 36.1 Å². The van der Waals surface area contributed by atoms with Gasteiger partial charge in [-0.1, -0.05) is 30.3 Å². The highest BCUT2D eigenvalue weighted by Gasteiger charge is 2.66. The van der Waals surface area contributed by atoms with Crippen LogP contribution in [-0.4, -0.2) is 95.9 Å². The van der Waals surface area contributed by atoms with Gasteiger partial charge in [0.15, 0.2) is 34.7 Å². The maximum Gasteiger partial charge on any atom is 0.235 e. The number of likely N-dealkylation sites (N-methyl/N-ethyl adjacent to an activating group) is 1. The van der Waals surface area contributed by atoms with Crippen LogP contribution in [-0.2, 0) is 38.7 Å². The molecule has 49 heavy (non-hydrogen) atoms.